The van der Waals surface area contributed by atoms with Gasteiger partial charge in [-0.25, -0.2) is 0 Å². The van der Waals surface area contributed by atoms with Crippen molar-refractivity contribution in [1.82, 2.24) is 10.2 Å². The molecule has 1 aromatic carbocycles. The quantitative estimate of drug-likeness (QED) is 0.836. The third-order valence-corrected chi connectivity index (χ3v) is 4.33. The van der Waals surface area contributed by atoms with Crippen LogP contribution in [0.4, 0.5) is 5.69 Å². The van der Waals surface area contributed by atoms with Gasteiger partial charge in [-0.2, -0.15) is 0 Å². The predicted molar refractivity (Wildman–Crippen MR) is 81.1 cm³/mol. The minimum absolute atomic E-state index is 0.0368. The molecule has 2 aliphatic rings. The van der Waals surface area contributed by atoms with Crippen LogP contribution >= 0.6 is 11.6 Å². The molecule has 3 N–H and O–H groups in total. The smallest absolute Gasteiger partial charge is 0.254 e. The van der Waals surface area contributed by atoms with E-state index in [2.05, 4.69) is 5.32 Å². The zero-order valence-electron chi connectivity index (χ0n) is 11.6. The van der Waals surface area contributed by atoms with Crippen LogP contribution in [-0.2, 0) is 4.79 Å². The number of rotatable bonds is 3. The lowest BCUT2D eigenvalue weighted by atomic mass is 10.1. The molecule has 5 nitrogen and oxygen atoms in total. The second-order valence-corrected chi connectivity index (χ2v) is 6.08. The van der Waals surface area contributed by atoms with Crippen molar-refractivity contribution in [3.63, 3.8) is 0 Å². The van der Waals surface area contributed by atoms with E-state index in [1.165, 1.54) is 0 Å². The van der Waals surface area contributed by atoms with Crippen molar-refractivity contribution in [3.8, 4) is 0 Å². The van der Waals surface area contributed by atoms with Crippen LogP contribution in [-0.4, -0.2) is 35.3 Å². The molecule has 1 saturated heterocycles. The van der Waals surface area contributed by atoms with E-state index in [9.17, 15) is 9.59 Å². The van der Waals surface area contributed by atoms with Gasteiger partial charge in [0, 0.05) is 18.2 Å². The average Bonchev–Trinajstić information content (AvgIpc) is 3.14. The summed E-state index contributed by atoms with van der Waals surface area (Å²) in [6, 6.07) is 4.77. The third-order valence-electron chi connectivity index (χ3n) is 3.98. The highest BCUT2D eigenvalue weighted by molar-refractivity contribution is 6.33. The van der Waals surface area contributed by atoms with Gasteiger partial charge in [0.15, 0.2) is 0 Å². The van der Waals surface area contributed by atoms with Crippen molar-refractivity contribution < 1.29 is 9.59 Å². The standard InChI is InChI=1S/C15H18ClN3O2/c16-11-6-3-9(8-12(11)17)15(21)19-7-1-2-13(19)14(20)18-10-4-5-10/h3,6,8,10,13H,1-2,4-5,7,17H2,(H,18,20). The van der Waals surface area contributed by atoms with Crippen molar-refractivity contribution in [2.24, 2.45) is 0 Å². The highest BCUT2D eigenvalue weighted by Crippen LogP contribution is 2.25. The van der Waals surface area contributed by atoms with Crippen molar-refractivity contribution in [3.05, 3.63) is 28.8 Å². The van der Waals surface area contributed by atoms with Crippen LogP contribution < -0.4 is 11.1 Å². The molecule has 1 unspecified atom stereocenters. The Balaban J connectivity index is 1.75. The Morgan fingerprint density at radius 2 is 2.05 bits per heavy atom. The summed E-state index contributed by atoms with van der Waals surface area (Å²) in [5.41, 5.74) is 6.59. The lowest BCUT2D eigenvalue weighted by Gasteiger charge is -2.24. The number of nitrogen functional groups attached to an aromatic ring is 1. The van der Waals surface area contributed by atoms with E-state index in [1.807, 2.05) is 0 Å². The van der Waals surface area contributed by atoms with Crippen molar-refractivity contribution in [2.75, 3.05) is 12.3 Å². The zero-order valence-corrected chi connectivity index (χ0v) is 12.4. The maximum atomic E-state index is 12.6. The molecule has 0 bridgehead atoms. The van der Waals surface area contributed by atoms with Gasteiger partial charge in [-0.3, -0.25) is 9.59 Å². The lowest BCUT2D eigenvalue weighted by molar-refractivity contribution is -0.125. The van der Waals surface area contributed by atoms with Crippen LogP contribution in [0.1, 0.15) is 36.0 Å². The van der Waals surface area contributed by atoms with Crippen molar-refractivity contribution in [2.45, 2.75) is 37.8 Å². The second-order valence-electron chi connectivity index (χ2n) is 5.68. The Labute approximate surface area is 128 Å². The molecule has 1 heterocycles. The summed E-state index contributed by atoms with van der Waals surface area (Å²) >= 11 is 5.87. The monoisotopic (exact) mass is 307 g/mol. The van der Waals surface area contributed by atoms with E-state index >= 15 is 0 Å². The van der Waals surface area contributed by atoms with Gasteiger partial charge in [0.25, 0.3) is 5.91 Å². The normalized spacial score (nSPS) is 21.4. The largest absolute Gasteiger partial charge is 0.398 e. The van der Waals surface area contributed by atoms with Crippen LogP contribution in [0.3, 0.4) is 0 Å². The molecule has 1 aliphatic carbocycles. The molecule has 2 amide bonds. The van der Waals surface area contributed by atoms with Gasteiger partial charge in [-0.15, -0.1) is 0 Å². The third kappa shape index (κ3) is 2.97. The van der Waals surface area contributed by atoms with Crippen LogP contribution in [0.5, 0.6) is 0 Å². The van der Waals surface area contributed by atoms with E-state index in [-0.39, 0.29) is 17.9 Å². The number of nitrogens with one attached hydrogen (secondary N) is 1. The van der Waals surface area contributed by atoms with E-state index in [0.29, 0.717) is 35.3 Å². The SMILES string of the molecule is Nc1cc(C(=O)N2CCCC2C(=O)NC2CC2)ccc1Cl. The first-order chi connectivity index (χ1) is 10.1. The molecule has 112 valence electrons. The fourth-order valence-corrected chi connectivity index (χ4v) is 2.77. The molecule has 2 fully saturated rings. The number of nitrogens with zero attached hydrogens (tertiary/aromatic N) is 1. The Bertz CT molecular complexity index is 586. The summed E-state index contributed by atoms with van der Waals surface area (Å²) in [6.45, 7) is 0.601. The minimum atomic E-state index is -0.366. The topological polar surface area (TPSA) is 75.4 Å². The number of anilines is 1. The number of halogens is 1. The van der Waals surface area contributed by atoms with Gasteiger partial charge in [-0.1, -0.05) is 11.6 Å². The molecule has 0 radical (unpaired) electrons. The van der Waals surface area contributed by atoms with Gasteiger partial charge < -0.3 is 16.0 Å². The van der Waals surface area contributed by atoms with Gasteiger partial charge in [0.1, 0.15) is 6.04 Å². The molecule has 1 aliphatic heterocycles. The fraction of sp³-hybridized carbons (Fsp3) is 0.467. The molecule has 0 aromatic heterocycles. The summed E-state index contributed by atoms with van der Waals surface area (Å²) in [5.74, 6) is -0.197. The molecule has 1 aromatic rings. The van der Waals surface area contributed by atoms with E-state index in [0.717, 1.165) is 19.3 Å². The zero-order chi connectivity index (χ0) is 15.0. The maximum Gasteiger partial charge on any atom is 0.254 e. The van der Waals surface area contributed by atoms with Gasteiger partial charge >= 0.3 is 0 Å². The molecule has 1 saturated carbocycles. The molecule has 3 rings (SSSR count). The number of carbonyl (C=O) groups excluding carboxylic acids is 2. The Morgan fingerprint density at radius 3 is 2.71 bits per heavy atom. The second kappa shape index (κ2) is 5.56. The number of nitrogens with two attached hydrogens (primary N) is 1. The molecular weight excluding hydrogens is 290 g/mol. The van der Waals surface area contributed by atoms with Gasteiger partial charge in [-0.05, 0) is 43.9 Å². The number of carbonyl (C=O) groups is 2. The van der Waals surface area contributed by atoms with E-state index in [1.54, 1.807) is 23.1 Å². The minimum Gasteiger partial charge on any atom is -0.398 e. The lowest BCUT2D eigenvalue weighted by Crippen LogP contribution is -2.46. The first-order valence-corrected chi connectivity index (χ1v) is 7.60. The molecule has 0 spiro atoms. The molecule has 1 atom stereocenters. The molecule has 6 heteroatoms. The van der Waals surface area contributed by atoms with Crippen molar-refractivity contribution in [1.29, 1.82) is 0 Å². The first kappa shape index (κ1) is 14.2. The summed E-state index contributed by atoms with van der Waals surface area (Å²) in [6.07, 6.45) is 3.64. The Kier molecular flexibility index (Phi) is 3.76. The Hall–Kier alpha value is -1.75. The number of likely N-dealkylation sites (tertiary alicyclic amines) is 1. The van der Waals surface area contributed by atoms with Crippen LogP contribution in [0.2, 0.25) is 5.02 Å². The number of hydrogen-bond acceptors (Lipinski definition) is 3. The summed E-state index contributed by atoms with van der Waals surface area (Å²) in [5, 5.41) is 3.40. The van der Waals surface area contributed by atoms with Crippen molar-refractivity contribution >= 4 is 29.1 Å². The van der Waals surface area contributed by atoms with E-state index in [4.69, 9.17) is 17.3 Å². The fourth-order valence-electron chi connectivity index (χ4n) is 2.65. The Morgan fingerprint density at radius 1 is 1.29 bits per heavy atom. The highest BCUT2D eigenvalue weighted by Gasteiger charge is 2.36. The summed E-state index contributed by atoms with van der Waals surface area (Å²) < 4.78 is 0. The van der Waals surface area contributed by atoms with Gasteiger partial charge in [0.2, 0.25) is 5.91 Å². The van der Waals surface area contributed by atoms with Crippen LogP contribution in [0.25, 0.3) is 0 Å². The molecular formula is C15H18ClN3O2. The van der Waals surface area contributed by atoms with Crippen LogP contribution in [0, 0.1) is 0 Å². The van der Waals surface area contributed by atoms with Crippen LogP contribution in [0.15, 0.2) is 18.2 Å². The molecule has 21 heavy (non-hydrogen) atoms. The number of benzene rings is 1. The average molecular weight is 308 g/mol. The van der Waals surface area contributed by atoms with Gasteiger partial charge in [0.05, 0.1) is 10.7 Å². The highest BCUT2D eigenvalue weighted by atomic mass is 35.5. The summed E-state index contributed by atoms with van der Waals surface area (Å²) in [4.78, 5) is 26.4. The van der Waals surface area contributed by atoms with E-state index < -0.39 is 0 Å². The maximum absolute atomic E-state index is 12.6. The first-order valence-electron chi connectivity index (χ1n) is 7.22. The predicted octanol–water partition coefficient (Wildman–Crippen LogP) is 1.81. The summed E-state index contributed by atoms with van der Waals surface area (Å²) in [7, 11) is 0. The number of amides is 2. The number of hydrogen-bond donors (Lipinski definition) is 2.